The summed E-state index contributed by atoms with van der Waals surface area (Å²) in [5.41, 5.74) is -1.47. The number of anilines is 1. The highest BCUT2D eigenvalue weighted by molar-refractivity contribution is 6.05. The number of esters is 1. The number of nitrogens with zero attached hydrogens (tertiary/aromatic N) is 2. The molecule has 5 nitrogen and oxygen atoms in total. The van der Waals surface area contributed by atoms with Gasteiger partial charge < -0.3 is 14.4 Å². The molecule has 0 spiro atoms. The maximum absolute atomic E-state index is 14.5. The lowest BCUT2D eigenvalue weighted by atomic mass is 10.0. The number of halogens is 4. The monoisotopic (exact) mass is 346 g/mol. The van der Waals surface area contributed by atoms with Gasteiger partial charge in [-0.25, -0.2) is 4.39 Å². The van der Waals surface area contributed by atoms with Crippen molar-refractivity contribution in [2.45, 2.75) is 6.18 Å². The molecule has 24 heavy (non-hydrogen) atoms. The molecular weight excluding hydrogens is 332 g/mol. The molecule has 2 aliphatic rings. The molecule has 0 saturated carbocycles. The summed E-state index contributed by atoms with van der Waals surface area (Å²) in [4.78, 5) is 16.2. The number of carbonyl (C=O) groups excluding carboxylic acids is 1. The van der Waals surface area contributed by atoms with Crippen molar-refractivity contribution in [1.29, 1.82) is 0 Å². The molecule has 0 N–H and O–H groups in total. The van der Waals surface area contributed by atoms with Crippen LogP contribution in [0.25, 0.3) is 0 Å². The van der Waals surface area contributed by atoms with Gasteiger partial charge in [-0.15, -0.1) is 0 Å². The SMILES string of the molecule is O=C1CN=C(c2cc(F)c(N3CCOCC3)c(C(F)(F)F)c2)CO1. The quantitative estimate of drug-likeness (QED) is 0.607. The average molecular weight is 346 g/mol. The summed E-state index contributed by atoms with van der Waals surface area (Å²) in [6.07, 6.45) is -4.73. The van der Waals surface area contributed by atoms with Crippen molar-refractivity contribution >= 4 is 17.4 Å². The van der Waals surface area contributed by atoms with Gasteiger partial charge in [-0.1, -0.05) is 0 Å². The first-order valence-electron chi connectivity index (χ1n) is 7.29. The average Bonchev–Trinajstić information content (AvgIpc) is 2.55. The van der Waals surface area contributed by atoms with E-state index >= 15 is 0 Å². The summed E-state index contributed by atoms with van der Waals surface area (Å²) < 4.78 is 64.7. The molecule has 0 atom stereocenters. The van der Waals surface area contributed by atoms with Gasteiger partial charge in [0.05, 0.1) is 30.2 Å². The number of carbonyl (C=O) groups is 1. The second-order valence-corrected chi connectivity index (χ2v) is 5.38. The number of rotatable bonds is 2. The zero-order valence-electron chi connectivity index (χ0n) is 12.5. The first-order valence-corrected chi connectivity index (χ1v) is 7.29. The number of alkyl halides is 3. The molecule has 3 rings (SSSR count). The third-order valence-electron chi connectivity index (χ3n) is 3.80. The molecular formula is C15H14F4N2O3. The Bertz CT molecular complexity index is 682. The summed E-state index contributed by atoms with van der Waals surface area (Å²) >= 11 is 0. The van der Waals surface area contributed by atoms with Crippen molar-refractivity contribution in [1.82, 2.24) is 0 Å². The molecule has 0 aromatic heterocycles. The van der Waals surface area contributed by atoms with Crippen molar-refractivity contribution in [2.75, 3.05) is 44.4 Å². The van der Waals surface area contributed by atoms with E-state index in [1.165, 1.54) is 4.90 Å². The normalized spacial score (nSPS) is 19.1. The Balaban J connectivity index is 2.05. The predicted octanol–water partition coefficient (Wildman–Crippen LogP) is 2.03. The molecule has 2 aliphatic heterocycles. The van der Waals surface area contributed by atoms with Crippen LogP contribution in [0.15, 0.2) is 17.1 Å². The third-order valence-corrected chi connectivity index (χ3v) is 3.80. The Morgan fingerprint density at radius 2 is 1.88 bits per heavy atom. The molecule has 1 fully saturated rings. The predicted molar refractivity (Wildman–Crippen MR) is 76.8 cm³/mol. The lowest BCUT2D eigenvalue weighted by Crippen LogP contribution is -2.38. The number of ether oxygens (including phenoxy) is 2. The molecule has 0 radical (unpaired) electrons. The van der Waals surface area contributed by atoms with Crippen LogP contribution >= 0.6 is 0 Å². The minimum Gasteiger partial charge on any atom is -0.458 e. The minimum atomic E-state index is -4.73. The smallest absolute Gasteiger partial charge is 0.418 e. The third kappa shape index (κ3) is 3.35. The lowest BCUT2D eigenvalue weighted by molar-refractivity contribution is -0.141. The second-order valence-electron chi connectivity index (χ2n) is 5.38. The highest BCUT2D eigenvalue weighted by atomic mass is 19.4. The number of benzene rings is 1. The number of aliphatic imine (C=N–C) groups is 1. The number of hydrogen-bond donors (Lipinski definition) is 0. The fourth-order valence-electron chi connectivity index (χ4n) is 2.66. The first-order chi connectivity index (χ1) is 11.4. The highest BCUT2D eigenvalue weighted by Gasteiger charge is 2.38. The van der Waals surface area contributed by atoms with E-state index in [9.17, 15) is 22.4 Å². The van der Waals surface area contributed by atoms with Crippen LogP contribution in [0.2, 0.25) is 0 Å². The lowest BCUT2D eigenvalue weighted by Gasteiger charge is -2.31. The van der Waals surface area contributed by atoms with Gasteiger partial charge in [0, 0.05) is 18.7 Å². The van der Waals surface area contributed by atoms with Crippen LogP contribution in [0.5, 0.6) is 0 Å². The fraction of sp³-hybridized carbons (Fsp3) is 0.467. The van der Waals surface area contributed by atoms with Crippen LogP contribution < -0.4 is 4.90 Å². The van der Waals surface area contributed by atoms with E-state index in [1.807, 2.05) is 0 Å². The largest absolute Gasteiger partial charge is 0.458 e. The van der Waals surface area contributed by atoms with Crippen molar-refractivity contribution in [3.8, 4) is 0 Å². The second kappa shape index (κ2) is 6.39. The number of morpholine rings is 1. The molecule has 9 heteroatoms. The highest BCUT2D eigenvalue weighted by Crippen LogP contribution is 2.39. The van der Waals surface area contributed by atoms with Gasteiger partial charge in [0.25, 0.3) is 0 Å². The molecule has 1 aromatic carbocycles. The van der Waals surface area contributed by atoms with Crippen molar-refractivity contribution in [3.05, 3.63) is 29.1 Å². The Labute approximate surface area is 134 Å². The van der Waals surface area contributed by atoms with Gasteiger partial charge in [-0.3, -0.25) is 9.79 Å². The van der Waals surface area contributed by atoms with Crippen LogP contribution in [0, 0.1) is 5.82 Å². The maximum Gasteiger partial charge on any atom is 0.418 e. The van der Waals surface area contributed by atoms with E-state index in [-0.39, 0.29) is 50.7 Å². The maximum atomic E-state index is 14.5. The standard InChI is InChI=1S/C15H14F4N2O3/c16-11-6-9(12-8-24-13(22)7-20-12)5-10(15(17,18)19)14(11)21-1-3-23-4-2-21/h5-6H,1-4,7-8H2. The topological polar surface area (TPSA) is 51.1 Å². The first kappa shape index (κ1) is 16.7. The van der Waals surface area contributed by atoms with Crippen LogP contribution in [-0.4, -0.2) is 51.1 Å². The van der Waals surface area contributed by atoms with E-state index in [0.29, 0.717) is 0 Å². The molecule has 130 valence electrons. The Morgan fingerprint density at radius 1 is 1.17 bits per heavy atom. The van der Waals surface area contributed by atoms with Gasteiger partial charge in [0.15, 0.2) is 0 Å². The zero-order valence-corrected chi connectivity index (χ0v) is 12.5. The summed E-state index contributed by atoms with van der Waals surface area (Å²) in [5.74, 6) is -1.55. The summed E-state index contributed by atoms with van der Waals surface area (Å²) in [5, 5.41) is 0. The molecule has 0 amide bonds. The molecule has 0 aliphatic carbocycles. The van der Waals surface area contributed by atoms with Crippen LogP contribution in [-0.2, 0) is 20.4 Å². The van der Waals surface area contributed by atoms with Crippen LogP contribution in [0.4, 0.5) is 23.2 Å². The number of cyclic esters (lactones) is 1. The van der Waals surface area contributed by atoms with Gasteiger partial charge in [0.1, 0.15) is 19.0 Å². The van der Waals surface area contributed by atoms with Crippen molar-refractivity contribution in [3.63, 3.8) is 0 Å². The van der Waals surface area contributed by atoms with Gasteiger partial charge in [-0.2, -0.15) is 13.2 Å². The summed E-state index contributed by atoms with van der Waals surface area (Å²) in [6, 6.07) is 1.85. The summed E-state index contributed by atoms with van der Waals surface area (Å²) in [7, 11) is 0. The van der Waals surface area contributed by atoms with Gasteiger partial charge in [0.2, 0.25) is 0 Å². The number of hydrogen-bond acceptors (Lipinski definition) is 5. The molecule has 2 heterocycles. The van der Waals surface area contributed by atoms with Gasteiger partial charge in [-0.05, 0) is 12.1 Å². The Hall–Kier alpha value is -2.16. The van der Waals surface area contributed by atoms with Crippen molar-refractivity contribution in [2.24, 2.45) is 4.99 Å². The Kier molecular flexibility index (Phi) is 4.44. The minimum absolute atomic E-state index is 0.0377. The molecule has 0 unspecified atom stereocenters. The van der Waals surface area contributed by atoms with Crippen LogP contribution in [0.1, 0.15) is 11.1 Å². The zero-order chi connectivity index (χ0) is 17.3. The molecule has 1 aromatic rings. The van der Waals surface area contributed by atoms with E-state index in [2.05, 4.69) is 4.99 Å². The van der Waals surface area contributed by atoms with Gasteiger partial charge >= 0.3 is 12.1 Å². The fourth-order valence-corrected chi connectivity index (χ4v) is 2.66. The van der Waals surface area contributed by atoms with Crippen molar-refractivity contribution < 1.29 is 31.8 Å². The summed E-state index contributed by atoms with van der Waals surface area (Å²) in [6.45, 7) is 0.272. The Morgan fingerprint density at radius 3 is 2.46 bits per heavy atom. The van der Waals surface area contributed by atoms with E-state index in [1.54, 1.807) is 0 Å². The van der Waals surface area contributed by atoms with E-state index in [0.717, 1.165) is 12.1 Å². The molecule has 1 saturated heterocycles. The van der Waals surface area contributed by atoms with E-state index in [4.69, 9.17) is 9.47 Å². The van der Waals surface area contributed by atoms with Crippen LogP contribution in [0.3, 0.4) is 0 Å². The van der Waals surface area contributed by atoms with E-state index < -0.39 is 29.2 Å². The molecule has 0 bridgehead atoms.